The molecule has 0 radical (unpaired) electrons. The van der Waals surface area contributed by atoms with Crippen LogP contribution in [0.2, 0.25) is 5.15 Å². The van der Waals surface area contributed by atoms with Crippen molar-refractivity contribution >= 4 is 35.0 Å². The molecule has 7 nitrogen and oxygen atoms in total. The van der Waals surface area contributed by atoms with E-state index in [-0.39, 0.29) is 36.2 Å². The largest absolute Gasteiger partial charge is 0.433 e. The molecule has 1 aliphatic heterocycles. The molecule has 3 aromatic rings. The van der Waals surface area contributed by atoms with E-state index in [1.807, 2.05) is 13.8 Å². The third-order valence-electron chi connectivity index (χ3n) is 5.30. The zero-order valence-corrected chi connectivity index (χ0v) is 20.8. The molecular formula is C23H29ClF6N6O. The lowest BCUT2D eigenvalue weighted by Gasteiger charge is -2.27. The molecule has 1 aliphatic rings. The average Bonchev–Trinajstić information content (AvgIpc) is 3.31. The fourth-order valence-electron chi connectivity index (χ4n) is 3.62. The summed E-state index contributed by atoms with van der Waals surface area (Å²) in [5.41, 5.74) is -1.78. The Morgan fingerprint density at radius 1 is 1.16 bits per heavy atom. The number of hydrogen-bond donors (Lipinski definition) is 1. The molecule has 0 unspecified atom stereocenters. The highest BCUT2D eigenvalue weighted by Crippen LogP contribution is 2.49. The maximum Gasteiger partial charge on any atom is 0.433 e. The summed E-state index contributed by atoms with van der Waals surface area (Å²) in [5, 5.41) is 6.22. The zero-order chi connectivity index (χ0) is 27.5. The first-order valence-electron chi connectivity index (χ1n) is 10.8. The Balaban J connectivity index is 0.000000347. The number of halogens is 7. The molecule has 0 bridgehead atoms. The minimum atomic E-state index is -4.50. The van der Waals surface area contributed by atoms with Gasteiger partial charge in [0, 0.05) is 31.0 Å². The first-order chi connectivity index (χ1) is 16.7. The van der Waals surface area contributed by atoms with Crippen molar-refractivity contribution < 1.29 is 31.1 Å². The Morgan fingerprint density at radius 3 is 2.30 bits per heavy atom. The molecule has 4 rings (SSSR count). The Labute approximate surface area is 215 Å². The minimum Gasteiger partial charge on any atom is -0.371 e. The summed E-state index contributed by atoms with van der Waals surface area (Å²) in [6, 6.07) is 3.65. The molecule has 1 amide bonds. The summed E-state index contributed by atoms with van der Waals surface area (Å²) >= 11 is 5.76. The highest BCUT2D eigenvalue weighted by molar-refractivity contribution is 6.29. The molecule has 0 spiro atoms. The van der Waals surface area contributed by atoms with Gasteiger partial charge < -0.3 is 10.2 Å². The summed E-state index contributed by atoms with van der Waals surface area (Å²) < 4.78 is 78.5. The SMILES string of the molecule is C.CC.CCc1cc(NC=O)cc(C(F)(F)F)n1.CN1C[C@@](C)(C(F)(F)F)c2c1cnc1cc(Cl)nn21. The molecule has 4 heterocycles. The van der Waals surface area contributed by atoms with Gasteiger partial charge in [-0.15, -0.1) is 0 Å². The summed E-state index contributed by atoms with van der Waals surface area (Å²) in [7, 11) is 1.61. The number of aryl methyl sites for hydroxylation is 1. The molecule has 1 N–H and O–H groups in total. The molecule has 14 heteroatoms. The van der Waals surface area contributed by atoms with Gasteiger partial charge >= 0.3 is 12.4 Å². The molecule has 1 atom stereocenters. The van der Waals surface area contributed by atoms with E-state index in [9.17, 15) is 31.1 Å². The second-order valence-electron chi connectivity index (χ2n) is 7.76. The van der Waals surface area contributed by atoms with Crippen LogP contribution in [0.5, 0.6) is 0 Å². The fourth-order valence-corrected chi connectivity index (χ4v) is 3.79. The quantitative estimate of drug-likeness (QED) is 0.294. The van der Waals surface area contributed by atoms with Crippen molar-refractivity contribution in [1.29, 1.82) is 0 Å². The molecule has 0 aromatic carbocycles. The lowest BCUT2D eigenvalue weighted by atomic mass is 9.88. The first kappa shape index (κ1) is 31.9. The lowest BCUT2D eigenvalue weighted by molar-refractivity contribution is -0.181. The molecule has 0 fully saturated rings. The predicted octanol–water partition coefficient (Wildman–Crippen LogP) is 6.55. The molecule has 3 aromatic heterocycles. The number of anilines is 2. The number of fused-ring (bicyclic) bond motifs is 3. The van der Waals surface area contributed by atoms with Crippen molar-refractivity contribution in [2.75, 3.05) is 23.8 Å². The van der Waals surface area contributed by atoms with Crippen LogP contribution in [0, 0.1) is 0 Å². The summed E-state index contributed by atoms with van der Waals surface area (Å²) in [6.07, 6.45) is -6.74. The maximum atomic E-state index is 13.4. The van der Waals surface area contributed by atoms with Gasteiger partial charge in [-0.05, 0) is 25.5 Å². The average molecular weight is 555 g/mol. The van der Waals surface area contributed by atoms with Gasteiger partial charge in [0.15, 0.2) is 10.8 Å². The Hall–Kier alpha value is -3.09. The van der Waals surface area contributed by atoms with E-state index in [4.69, 9.17) is 11.6 Å². The van der Waals surface area contributed by atoms with E-state index in [0.717, 1.165) is 6.07 Å². The van der Waals surface area contributed by atoms with Crippen molar-refractivity contribution in [2.45, 2.75) is 59.3 Å². The number of carbonyl (C=O) groups is 1. The molecule has 206 valence electrons. The summed E-state index contributed by atoms with van der Waals surface area (Å²) in [4.78, 5) is 19.2. The van der Waals surface area contributed by atoms with Crippen molar-refractivity contribution in [3.8, 4) is 0 Å². The predicted molar refractivity (Wildman–Crippen MR) is 131 cm³/mol. The van der Waals surface area contributed by atoms with Gasteiger partial charge in [0.05, 0.1) is 17.6 Å². The van der Waals surface area contributed by atoms with Gasteiger partial charge in [0.2, 0.25) is 6.41 Å². The van der Waals surface area contributed by atoms with Crippen molar-refractivity contribution in [2.24, 2.45) is 0 Å². The van der Waals surface area contributed by atoms with Crippen LogP contribution >= 0.6 is 11.6 Å². The van der Waals surface area contributed by atoms with Crippen LogP contribution in [-0.4, -0.2) is 45.8 Å². The van der Waals surface area contributed by atoms with E-state index < -0.39 is 23.5 Å². The zero-order valence-electron chi connectivity index (χ0n) is 20.1. The number of amides is 1. The van der Waals surface area contributed by atoms with E-state index in [1.165, 1.54) is 34.7 Å². The van der Waals surface area contributed by atoms with E-state index >= 15 is 0 Å². The van der Waals surface area contributed by atoms with Gasteiger partial charge in [-0.3, -0.25) is 4.79 Å². The van der Waals surface area contributed by atoms with Gasteiger partial charge in [-0.25, -0.2) is 14.5 Å². The second kappa shape index (κ2) is 12.0. The molecule has 0 saturated heterocycles. The van der Waals surface area contributed by atoms with Crippen LogP contribution in [0.4, 0.5) is 37.7 Å². The number of rotatable bonds is 3. The minimum absolute atomic E-state index is 0. The van der Waals surface area contributed by atoms with Crippen LogP contribution in [0.1, 0.15) is 52.2 Å². The number of aromatic nitrogens is 4. The number of pyridine rings is 1. The Bertz CT molecular complexity index is 1210. The van der Waals surface area contributed by atoms with Crippen molar-refractivity contribution in [3.05, 3.63) is 46.6 Å². The van der Waals surface area contributed by atoms with Gasteiger partial charge in [-0.2, -0.15) is 31.4 Å². The standard InChI is InChI=1S/C11H10ClF3N4.C9H9F3N2O.C2H6.CH4/c1-10(11(13,14)15)5-18(2)6-4-16-8-3-7(12)17-19(8)9(6)10;1-2-6-3-7(13-5-15)4-8(14-6)9(10,11)12;1-2;/h3-4H,5H2,1-2H3;3-5H,2H2,1H3,(H,13,14,15);1-2H3;1H4/t10-;;;/m1.../s1. The van der Waals surface area contributed by atoms with Crippen LogP contribution in [0.3, 0.4) is 0 Å². The number of carbonyl (C=O) groups excluding carboxylic acids is 1. The molecule has 0 aliphatic carbocycles. The Morgan fingerprint density at radius 2 is 1.78 bits per heavy atom. The topological polar surface area (TPSA) is 75.4 Å². The first-order valence-corrected chi connectivity index (χ1v) is 11.2. The van der Waals surface area contributed by atoms with E-state index in [1.54, 1.807) is 14.0 Å². The van der Waals surface area contributed by atoms with Crippen LogP contribution < -0.4 is 10.2 Å². The van der Waals surface area contributed by atoms with Gasteiger partial charge in [0.1, 0.15) is 11.1 Å². The van der Waals surface area contributed by atoms with Crippen LogP contribution in [0.25, 0.3) is 5.65 Å². The lowest BCUT2D eigenvalue weighted by Crippen LogP contribution is -2.43. The molecule has 0 saturated carbocycles. The van der Waals surface area contributed by atoms with Gasteiger partial charge in [0.25, 0.3) is 0 Å². The second-order valence-corrected chi connectivity index (χ2v) is 8.15. The number of nitrogens with zero attached hydrogens (tertiary/aromatic N) is 5. The Kier molecular flexibility index (Phi) is 10.3. The van der Waals surface area contributed by atoms with Crippen LogP contribution in [0.15, 0.2) is 24.4 Å². The van der Waals surface area contributed by atoms with E-state index in [2.05, 4.69) is 20.4 Å². The highest BCUT2D eigenvalue weighted by atomic mass is 35.5. The smallest absolute Gasteiger partial charge is 0.371 e. The summed E-state index contributed by atoms with van der Waals surface area (Å²) in [5.74, 6) is 0. The summed E-state index contributed by atoms with van der Waals surface area (Å²) in [6.45, 7) is 6.70. The van der Waals surface area contributed by atoms with Crippen molar-refractivity contribution in [1.82, 2.24) is 19.6 Å². The third-order valence-corrected chi connectivity index (χ3v) is 5.49. The molecule has 37 heavy (non-hydrogen) atoms. The monoisotopic (exact) mass is 554 g/mol. The van der Waals surface area contributed by atoms with Crippen molar-refractivity contribution in [3.63, 3.8) is 0 Å². The van der Waals surface area contributed by atoms with Gasteiger partial charge in [-0.1, -0.05) is 39.8 Å². The number of alkyl halides is 6. The number of hydrogen-bond acceptors (Lipinski definition) is 5. The molecular weight excluding hydrogens is 526 g/mol. The maximum absolute atomic E-state index is 13.4. The van der Waals surface area contributed by atoms with E-state index in [0.29, 0.717) is 24.2 Å². The third kappa shape index (κ3) is 6.62. The highest BCUT2D eigenvalue weighted by Gasteiger charge is 2.59. The normalized spacial score (nSPS) is 16.6. The number of nitrogens with one attached hydrogen (secondary N) is 1. The number of likely N-dealkylation sites (N-methyl/N-ethyl adjacent to an activating group) is 1. The van der Waals surface area contributed by atoms with Crippen LogP contribution in [-0.2, 0) is 22.8 Å². The fraction of sp³-hybridized carbons (Fsp3) is 0.478.